The largest absolute Gasteiger partial charge is 0.436 e. The van der Waals surface area contributed by atoms with Gasteiger partial charge in [-0.3, -0.25) is 4.57 Å². The molecule has 1 saturated heterocycles. The van der Waals surface area contributed by atoms with Crippen LogP contribution in [-0.4, -0.2) is 50.6 Å². The van der Waals surface area contributed by atoms with Gasteiger partial charge in [0.15, 0.2) is 0 Å². The van der Waals surface area contributed by atoms with Crippen LogP contribution in [0.15, 0.2) is 6.20 Å². The van der Waals surface area contributed by atoms with Crippen molar-refractivity contribution in [3.63, 3.8) is 0 Å². The van der Waals surface area contributed by atoms with Crippen molar-refractivity contribution in [2.45, 2.75) is 19.1 Å². The highest BCUT2D eigenvalue weighted by molar-refractivity contribution is 5.76. The fourth-order valence-corrected chi connectivity index (χ4v) is 2.43. The number of rotatable bonds is 3. The summed E-state index contributed by atoms with van der Waals surface area (Å²) in [6, 6.07) is 0.120. The molecule has 2 aliphatic rings. The molecule has 9 nitrogen and oxygen atoms in total. The number of nitrogens with one attached hydrogen (secondary N) is 1. The summed E-state index contributed by atoms with van der Waals surface area (Å²) in [6.45, 7) is 3.99. The predicted octanol–water partition coefficient (Wildman–Crippen LogP) is -0.0324. The van der Waals surface area contributed by atoms with E-state index in [4.69, 9.17) is 4.74 Å². The lowest BCUT2D eigenvalue weighted by Gasteiger charge is -2.27. The van der Waals surface area contributed by atoms with Gasteiger partial charge in [0.05, 0.1) is 13.1 Å². The lowest BCUT2D eigenvalue weighted by atomic mass is 10.1. The molecule has 0 aliphatic carbocycles. The molecule has 1 atom stereocenters. The molecule has 1 N–H and O–H groups in total. The molecular formula is C10H13N5O4. The zero-order valence-electron chi connectivity index (χ0n) is 10.3. The Hall–Kier alpha value is -2.32. The van der Waals surface area contributed by atoms with Gasteiger partial charge in [-0.1, -0.05) is 0 Å². The third-order valence-electron chi connectivity index (χ3n) is 3.23. The number of urea groups is 1. The maximum atomic E-state index is 11.5. The Morgan fingerprint density at radius 1 is 1.68 bits per heavy atom. The standard InChI is InChI=1S/C10H13N5O4/c1-10(5-13-3-2-11-8(13)16)6-14-4-7(15(17)18)12-9(14)19-10/h4H,2-3,5-6H2,1H3,(H,11,16). The van der Waals surface area contributed by atoms with Crippen molar-refractivity contribution in [1.82, 2.24) is 19.8 Å². The lowest BCUT2D eigenvalue weighted by Crippen LogP contribution is -2.46. The van der Waals surface area contributed by atoms with Crippen molar-refractivity contribution in [2.24, 2.45) is 0 Å². The van der Waals surface area contributed by atoms with E-state index in [-0.39, 0.29) is 17.9 Å². The highest BCUT2D eigenvalue weighted by Gasteiger charge is 2.42. The van der Waals surface area contributed by atoms with E-state index in [1.807, 2.05) is 6.92 Å². The zero-order chi connectivity index (χ0) is 13.6. The van der Waals surface area contributed by atoms with Crippen LogP contribution in [0.5, 0.6) is 6.01 Å². The molecule has 0 aromatic carbocycles. The molecule has 19 heavy (non-hydrogen) atoms. The van der Waals surface area contributed by atoms with Gasteiger partial charge in [0.25, 0.3) is 0 Å². The molecule has 3 rings (SSSR count). The van der Waals surface area contributed by atoms with Gasteiger partial charge >= 0.3 is 17.9 Å². The van der Waals surface area contributed by atoms with Gasteiger partial charge in [-0.25, -0.2) is 4.79 Å². The van der Waals surface area contributed by atoms with E-state index in [1.54, 1.807) is 9.47 Å². The van der Waals surface area contributed by atoms with Gasteiger partial charge in [0, 0.05) is 18.1 Å². The zero-order valence-corrected chi connectivity index (χ0v) is 10.3. The van der Waals surface area contributed by atoms with E-state index < -0.39 is 10.5 Å². The SMILES string of the molecule is CC1(CN2CCNC2=O)Cn2cc([N+](=O)[O-])nc2O1. The van der Waals surface area contributed by atoms with Gasteiger partial charge < -0.3 is 25.1 Å². The predicted molar refractivity (Wildman–Crippen MR) is 62.9 cm³/mol. The van der Waals surface area contributed by atoms with Crippen LogP contribution in [0.3, 0.4) is 0 Å². The topological polar surface area (TPSA) is 103 Å². The summed E-state index contributed by atoms with van der Waals surface area (Å²) < 4.78 is 7.26. The number of hydrogen-bond acceptors (Lipinski definition) is 5. The Kier molecular flexibility index (Phi) is 2.37. The lowest BCUT2D eigenvalue weighted by molar-refractivity contribution is -0.389. The number of nitro groups is 1. The molecule has 9 heteroatoms. The summed E-state index contributed by atoms with van der Waals surface area (Å²) in [5, 5.41) is 13.3. The van der Waals surface area contributed by atoms with E-state index >= 15 is 0 Å². The normalized spacial score (nSPS) is 25.1. The molecule has 0 saturated carbocycles. The van der Waals surface area contributed by atoms with Gasteiger partial charge in [0.1, 0.15) is 11.8 Å². The van der Waals surface area contributed by atoms with E-state index in [0.29, 0.717) is 26.2 Å². The molecule has 3 heterocycles. The van der Waals surface area contributed by atoms with Crippen LogP contribution in [0, 0.1) is 10.1 Å². The molecule has 2 aliphatic heterocycles. The summed E-state index contributed by atoms with van der Waals surface area (Å²) in [4.78, 5) is 27.0. The van der Waals surface area contributed by atoms with Crippen molar-refractivity contribution in [1.29, 1.82) is 0 Å². The molecule has 0 bridgehead atoms. The van der Waals surface area contributed by atoms with Crippen LogP contribution in [0.25, 0.3) is 0 Å². The number of aromatic nitrogens is 2. The minimum absolute atomic E-state index is 0.111. The average Bonchev–Trinajstić information content (AvgIpc) is 2.93. The molecule has 1 fully saturated rings. The second kappa shape index (κ2) is 3.84. The summed E-state index contributed by atoms with van der Waals surface area (Å²) in [5.74, 6) is -0.226. The first-order valence-corrected chi connectivity index (χ1v) is 5.90. The van der Waals surface area contributed by atoms with Crippen molar-refractivity contribution < 1.29 is 14.5 Å². The van der Waals surface area contributed by atoms with Crippen LogP contribution < -0.4 is 10.1 Å². The van der Waals surface area contributed by atoms with E-state index in [9.17, 15) is 14.9 Å². The first kappa shape index (κ1) is 11.8. The number of imidazole rings is 1. The third-order valence-corrected chi connectivity index (χ3v) is 3.23. The summed E-state index contributed by atoms with van der Waals surface area (Å²) in [7, 11) is 0. The highest BCUT2D eigenvalue weighted by Crippen LogP contribution is 2.31. The van der Waals surface area contributed by atoms with Crippen LogP contribution in [0.1, 0.15) is 6.92 Å². The second-order valence-corrected chi connectivity index (χ2v) is 4.97. The first-order chi connectivity index (χ1) is 8.97. The Bertz CT molecular complexity index is 531. The minimum atomic E-state index is -0.598. The Balaban J connectivity index is 1.73. The minimum Gasteiger partial charge on any atom is -0.436 e. The summed E-state index contributed by atoms with van der Waals surface area (Å²) in [6.07, 6.45) is 1.35. The molecule has 1 aromatic rings. The molecule has 0 spiro atoms. The Morgan fingerprint density at radius 3 is 3.05 bits per heavy atom. The maximum Gasteiger partial charge on any atom is 0.415 e. The van der Waals surface area contributed by atoms with E-state index in [1.165, 1.54) is 6.20 Å². The van der Waals surface area contributed by atoms with Gasteiger partial charge in [-0.05, 0) is 11.8 Å². The number of fused-ring (bicyclic) bond motifs is 1. The number of carbonyl (C=O) groups is 1. The van der Waals surface area contributed by atoms with Crippen molar-refractivity contribution in [3.05, 3.63) is 16.3 Å². The monoisotopic (exact) mass is 267 g/mol. The highest BCUT2D eigenvalue weighted by atomic mass is 16.6. The quantitative estimate of drug-likeness (QED) is 0.611. The fourth-order valence-electron chi connectivity index (χ4n) is 2.43. The smallest absolute Gasteiger partial charge is 0.415 e. The average molecular weight is 267 g/mol. The fraction of sp³-hybridized carbons (Fsp3) is 0.600. The second-order valence-electron chi connectivity index (χ2n) is 4.97. The van der Waals surface area contributed by atoms with E-state index in [0.717, 1.165) is 0 Å². The Labute approximate surface area is 108 Å². The van der Waals surface area contributed by atoms with Crippen LogP contribution in [0.4, 0.5) is 10.6 Å². The first-order valence-electron chi connectivity index (χ1n) is 5.90. The van der Waals surface area contributed by atoms with Crippen molar-refractivity contribution in [3.8, 4) is 6.01 Å². The number of hydrogen-bond donors (Lipinski definition) is 1. The van der Waals surface area contributed by atoms with Crippen molar-refractivity contribution >= 4 is 11.8 Å². The number of nitrogens with zero attached hydrogens (tertiary/aromatic N) is 4. The number of ether oxygens (including phenoxy) is 1. The Morgan fingerprint density at radius 2 is 2.47 bits per heavy atom. The van der Waals surface area contributed by atoms with Crippen LogP contribution in [-0.2, 0) is 6.54 Å². The van der Waals surface area contributed by atoms with Gasteiger partial charge in [0.2, 0.25) is 0 Å². The molecule has 1 aromatic heterocycles. The molecule has 102 valence electrons. The van der Waals surface area contributed by atoms with Gasteiger partial charge in [-0.15, -0.1) is 0 Å². The molecule has 0 radical (unpaired) electrons. The number of amides is 2. The van der Waals surface area contributed by atoms with Gasteiger partial charge in [-0.2, -0.15) is 0 Å². The summed E-state index contributed by atoms with van der Waals surface area (Å²) >= 11 is 0. The van der Waals surface area contributed by atoms with Crippen LogP contribution in [0.2, 0.25) is 0 Å². The molecule has 2 amide bonds. The third kappa shape index (κ3) is 1.96. The molecular weight excluding hydrogens is 254 g/mol. The summed E-state index contributed by atoms with van der Waals surface area (Å²) in [5.41, 5.74) is -0.598. The van der Waals surface area contributed by atoms with Crippen molar-refractivity contribution in [2.75, 3.05) is 19.6 Å². The molecule has 1 unspecified atom stereocenters. The van der Waals surface area contributed by atoms with E-state index in [2.05, 4.69) is 10.3 Å². The van der Waals surface area contributed by atoms with Crippen LogP contribution >= 0.6 is 0 Å². The maximum absolute atomic E-state index is 11.5. The number of carbonyl (C=O) groups excluding carboxylic acids is 1.